The van der Waals surface area contributed by atoms with E-state index < -0.39 is 0 Å². The Hall–Kier alpha value is -0.195. The fraction of sp³-hybridized carbons (Fsp3) is 0.846. The summed E-state index contributed by atoms with van der Waals surface area (Å²) in [6.45, 7) is 16.7. The second-order valence-electron chi connectivity index (χ2n) is 6.16. The van der Waals surface area contributed by atoms with E-state index in [1.807, 2.05) is 0 Å². The van der Waals surface area contributed by atoms with E-state index in [1.165, 1.54) is 24.8 Å². The lowest BCUT2D eigenvalue weighted by atomic mass is 9.36. The van der Waals surface area contributed by atoms with Crippen molar-refractivity contribution in [3.8, 4) is 0 Å². The molecule has 0 aromatic rings. The Labute approximate surface area is 90.2 Å². The fourth-order valence-corrected chi connectivity index (χ4v) is 3.10. The molecule has 0 heterocycles. The van der Waals surface area contributed by atoms with Crippen molar-refractivity contribution in [1.82, 2.24) is 0 Å². The third-order valence-corrected chi connectivity index (χ3v) is 4.18. The molecule has 0 aromatic carbocycles. The minimum atomic E-state index is 0.542. The first kappa shape index (κ1) is 11.9. The first-order chi connectivity index (χ1) is 6.34. The molecule has 1 heteroatoms. The van der Waals surface area contributed by atoms with Crippen LogP contribution in [0.15, 0.2) is 12.2 Å². The van der Waals surface area contributed by atoms with Gasteiger partial charge in [-0.05, 0) is 37.5 Å². The summed E-state index contributed by atoms with van der Waals surface area (Å²) in [5.41, 5.74) is 1.94. The van der Waals surface area contributed by atoms with Gasteiger partial charge in [-0.3, -0.25) is 0 Å². The summed E-state index contributed by atoms with van der Waals surface area (Å²) >= 11 is 0. The van der Waals surface area contributed by atoms with Gasteiger partial charge in [-0.1, -0.05) is 45.5 Å². The van der Waals surface area contributed by atoms with E-state index >= 15 is 0 Å². The van der Waals surface area contributed by atoms with Crippen LogP contribution in [0.5, 0.6) is 0 Å². The lowest BCUT2D eigenvalue weighted by Crippen LogP contribution is -2.34. The Bertz CT molecular complexity index is 215. The highest BCUT2D eigenvalue weighted by atomic mass is 14.4. The number of rotatable bonds is 2. The molecule has 0 amide bonds. The Morgan fingerprint density at radius 2 is 1.93 bits per heavy atom. The molecule has 0 spiro atoms. The van der Waals surface area contributed by atoms with Crippen molar-refractivity contribution in [1.29, 1.82) is 0 Å². The van der Waals surface area contributed by atoms with Crippen LogP contribution < -0.4 is 0 Å². The maximum absolute atomic E-state index is 4.12. The standard InChI is InChI=1S/C13H25B/c1-10(2)11-7-8-13(3,4)12(9-11)14(5)6/h11-12H,1,7-9H2,2-6H3. The van der Waals surface area contributed by atoms with Crippen molar-refractivity contribution in [3.05, 3.63) is 12.2 Å². The van der Waals surface area contributed by atoms with E-state index in [9.17, 15) is 0 Å². The van der Waals surface area contributed by atoms with Crippen LogP contribution in [0.4, 0.5) is 0 Å². The van der Waals surface area contributed by atoms with Crippen LogP contribution >= 0.6 is 0 Å². The predicted octanol–water partition coefficient (Wildman–Crippen LogP) is 4.51. The minimum absolute atomic E-state index is 0.542. The molecule has 0 radical (unpaired) electrons. The summed E-state index contributed by atoms with van der Waals surface area (Å²) in [7, 11) is 0. The zero-order chi connectivity index (χ0) is 10.9. The molecule has 1 rings (SSSR count). The van der Waals surface area contributed by atoms with Crippen LogP contribution in [0.3, 0.4) is 0 Å². The zero-order valence-electron chi connectivity index (χ0n) is 10.6. The molecule has 0 N–H and O–H groups in total. The van der Waals surface area contributed by atoms with Crippen molar-refractivity contribution < 1.29 is 0 Å². The third kappa shape index (κ3) is 2.43. The van der Waals surface area contributed by atoms with Crippen LogP contribution in [0.2, 0.25) is 19.5 Å². The van der Waals surface area contributed by atoms with Crippen molar-refractivity contribution in [2.75, 3.05) is 0 Å². The van der Waals surface area contributed by atoms with E-state index in [1.54, 1.807) is 0 Å². The van der Waals surface area contributed by atoms with Gasteiger partial charge < -0.3 is 0 Å². The molecule has 0 aromatic heterocycles. The van der Waals surface area contributed by atoms with Crippen molar-refractivity contribution in [2.45, 2.75) is 59.5 Å². The van der Waals surface area contributed by atoms with Crippen molar-refractivity contribution in [3.63, 3.8) is 0 Å². The quantitative estimate of drug-likeness (QED) is 0.446. The van der Waals surface area contributed by atoms with E-state index in [4.69, 9.17) is 0 Å². The molecule has 80 valence electrons. The smallest absolute Gasteiger partial charge is 0.0999 e. The molecule has 0 bridgehead atoms. The third-order valence-electron chi connectivity index (χ3n) is 4.18. The SMILES string of the molecule is C=C(C)C1CCC(C)(C)C(B(C)C)C1. The van der Waals surface area contributed by atoms with Gasteiger partial charge in [0.1, 0.15) is 6.71 Å². The summed E-state index contributed by atoms with van der Waals surface area (Å²) in [5, 5.41) is 0. The van der Waals surface area contributed by atoms with Crippen LogP contribution in [0, 0.1) is 11.3 Å². The van der Waals surface area contributed by atoms with Gasteiger partial charge >= 0.3 is 0 Å². The van der Waals surface area contributed by atoms with E-state index in [-0.39, 0.29) is 0 Å². The Balaban J connectivity index is 2.72. The van der Waals surface area contributed by atoms with Gasteiger partial charge in [0.15, 0.2) is 0 Å². The number of allylic oxidation sites excluding steroid dienone is 1. The monoisotopic (exact) mass is 192 g/mol. The summed E-state index contributed by atoms with van der Waals surface area (Å²) in [6.07, 6.45) is 4.08. The van der Waals surface area contributed by atoms with Gasteiger partial charge in [0.25, 0.3) is 0 Å². The molecule has 0 aliphatic heterocycles. The topological polar surface area (TPSA) is 0 Å². The Kier molecular flexibility index (Phi) is 3.50. The molecular formula is C13H25B. The second kappa shape index (κ2) is 4.12. The largest absolute Gasteiger partial charge is 0.137 e. The average Bonchev–Trinajstić information content (AvgIpc) is 2.02. The van der Waals surface area contributed by atoms with Crippen molar-refractivity contribution in [2.24, 2.45) is 11.3 Å². The zero-order valence-corrected chi connectivity index (χ0v) is 10.6. The summed E-state index contributed by atoms with van der Waals surface area (Å²) < 4.78 is 0. The van der Waals surface area contributed by atoms with Gasteiger partial charge in [-0.25, -0.2) is 0 Å². The molecular weight excluding hydrogens is 167 g/mol. The normalized spacial score (nSPS) is 31.2. The maximum atomic E-state index is 4.12. The highest BCUT2D eigenvalue weighted by Crippen LogP contribution is 2.49. The maximum Gasteiger partial charge on any atom is 0.137 e. The molecule has 1 fully saturated rings. The molecule has 2 atom stereocenters. The Morgan fingerprint density at radius 3 is 2.36 bits per heavy atom. The first-order valence-electron chi connectivity index (χ1n) is 6.00. The minimum Gasteiger partial charge on any atom is -0.0999 e. The number of hydrogen-bond donors (Lipinski definition) is 0. The molecule has 2 unspecified atom stereocenters. The average molecular weight is 192 g/mol. The van der Waals surface area contributed by atoms with Crippen LogP contribution in [-0.4, -0.2) is 6.71 Å². The first-order valence-corrected chi connectivity index (χ1v) is 6.00. The predicted molar refractivity (Wildman–Crippen MR) is 67.2 cm³/mol. The molecule has 1 saturated carbocycles. The van der Waals surface area contributed by atoms with Crippen LogP contribution in [0.25, 0.3) is 0 Å². The summed E-state index contributed by atoms with van der Waals surface area (Å²) in [5.74, 6) is 1.66. The second-order valence-corrected chi connectivity index (χ2v) is 6.16. The van der Waals surface area contributed by atoms with E-state index in [0.29, 0.717) is 5.41 Å². The van der Waals surface area contributed by atoms with E-state index in [0.717, 1.165) is 18.4 Å². The molecule has 1 aliphatic rings. The molecule has 14 heavy (non-hydrogen) atoms. The lowest BCUT2D eigenvalue weighted by Gasteiger charge is -2.44. The number of hydrogen-bond acceptors (Lipinski definition) is 0. The molecule has 0 nitrogen and oxygen atoms in total. The Morgan fingerprint density at radius 1 is 1.36 bits per heavy atom. The van der Waals surface area contributed by atoms with Gasteiger partial charge in [-0.15, -0.1) is 0 Å². The van der Waals surface area contributed by atoms with E-state index in [2.05, 4.69) is 41.0 Å². The fourth-order valence-electron chi connectivity index (χ4n) is 3.10. The van der Waals surface area contributed by atoms with Gasteiger partial charge in [-0.2, -0.15) is 0 Å². The van der Waals surface area contributed by atoms with Crippen molar-refractivity contribution >= 4 is 6.71 Å². The van der Waals surface area contributed by atoms with Gasteiger partial charge in [0.2, 0.25) is 0 Å². The summed E-state index contributed by atoms with van der Waals surface area (Å²) in [6, 6.07) is 0. The highest BCUT2D eigenvalue weighted by molar-refractivity contribution is 6.57. The molecule has 1 aliphatic carbocycles. The summed E-state index contributed by atoms with van der Waals surface area (Å²) in [4.78, 5) is 0. The lowest BCUT2D eigenvalue weighted by molar-refractivity contribution is 0.206. The van der Waals surface area contributed by atoms with Gasteiger partial charge in [0, 0.05) is 0 Å². The highest BCUT2D eigenvalue weighted by Gasteiger charge is 2.38. The van der Waals surface area contributed by atoms with Crippen LogP contribution in [-0.2, 0) is 0 Å². The molecule has 0 saturated heterocycles. The van der Waals surface area contributed by atoms with Gasteiger partial charge in [0.05, 0.1) is 0 Å². The van der Waals surface area contributed by atoms with Crippen LogP contribution in [0.1, 0.15) is 40.0 Å².